The zero-order chi connectivity index (χ0) is 11.5. The third kappa shape index (κ3) is 2.22. The van der Waals surface area contributed by atoms with E-state index in [1.807, 2.05) is 18.3 Å². The average molecular weight is 228 g/mol. The summed E-state index contributed by atoms with van der Waals surface area (Å²) in [5, 5.41) is 8.02. The van der Waals surface area contributed by atoms with Gasteiger partial charge in [-0.25, -0.2) is 0 Å². The van der Waals surface area contributed by atoms with Gasteiger partial charge in [0.2, 0.25) is 0 Å². The first kappa shape index (κ1) is 10.5. The number of hydrogen-bond acceptors (Lipinski definition) is 3. The third-order valence-electron chi connectivity index (χ3n) is 3.25. The molecule has 2 aromatic rings. The Labute approximate surface area is 101 Å². The van der Waals surface area contributed by atoms with E-state index in [0.717, 1.165) is 37.2 Å². The monoisotopic (exact) mass is 228 g/mol. The van der Waals surface area contributed by atoms with E-state index in [1.54, 1.807) is 6.20 Å². The lowest BCUT2D eigenvalue weighted by atomic mass is 10.1. The maximum Gasteiger partial charge on any atom is 0.0938 e. The molecule has 0 aromatic carbocycles. The number of rotatable bonds is 2. The number of piperidine rings is 1. The minimum Gasteiger partial charge on any atom is -0.317 e. The van der Waals surface area contributed by atoms with Crippen molar-refractivity contribution in [2.45, 2.75) is 18.9 Å². The highest BCUT2D eigenvalue weighted by molar-refractivity contribution is 5.56. The van der Waals surface area contributed by atoms with Crippen molar-refractivity contribution in [1.82, 2.24) is 20.1 Å². The van der Waals surface area contributed by atoms with Crippen LogP contribution in [0, 0.1) is 0 Å². The summed E-state index contributed by atoms with van der Waals surface area (Å²) in [5.74, 6) is 0. The molecule has 0 atom stereocenters. The maximum atomic E-state index is 4.65. The number of pyridine rings is 1. The van der Waals surface area contributed by atoms with Crippen LogP contribution < -0.4 is 5.32 Å². The molecule has 0 amide bonds. The molecule has 3 rings (SSSR count). The molecule has 1 N–H and O–H groups in total. The Morgan fingerprint density at radius 1 is 1.24 bits per heavy atom. The second kappa shape index (κ2) is 4.67. The lowest BCUT2D eigenvalue weighted by molar-refractivity contribution is 0.343. The summed E-state index contributed by atoms with van der Waals surface area (Å²) in [5.41, 5.74) is 2.09. The van der Waals surface area contributed by atoms with Gasteiger partial charge in [0.1, 0.15) is 0 Å². The number of nitrogens with one attached hydrogen (secondary N) is 1. The lowest BCUT2D eigenvalue weighted by Crippen LogP contribution is -2.29. The average Bonchev–Trinajstić information content (AvgIpc) is 2.90. The van der Waals surface area contributed by atoms with Gasteiger partial charge in [0, 0.05) is 24.2 Å². The molecule has 1 fully saturated rings. The molecule has 17 heavy (non-hydrogen) atoms. The van der Waals surface area contributed by atoms with Crippen LogP contribution in [0.25, 0.3) is 11.3 Å². The van der Waals surface area contributed by atoms with Gasteiger partial charge in [-0.3, -0.25) is 9.67 Å². The number of nitrogens with zero attached hydrogens (tertiary/aromatic N) is 3. The standard InChI is InChI=1S/C13H16N4/c1-2-11(10-15-6-1)13-5-9-17(16-13)12-3-7-14-8-4-12/h1-2,5-6,9-10,12,14H,3-4,7-8H2. The maximum absolute atomic E-state index is 4.65. The molecule has 4 heteroatoms. The van der Waals surface area contributed by atoms with E-state index in [2.05, 4.69) is 32.3 Å². The first-order chi connectivity index (χ1) is 8.43. The fourth-order valence-corrected chi connectivity index (χ4v) is 2.28. The van der Waals surface area contributed by atoms with Gasteiger partial charge in [-0.1, -0.05) is 0 Å². The molecule has 88 valence electrons. The van der Waals surface area contributed by atoms with Crippen molar-refractivity contribution >= 4 is 0 Å². The van der Waals surface area contributed by atoms with E-state index in [9.17, 15) is 0 Å². The predicted octanol–water partition coefficient (Wildman–Crippen LogP) is 1.87. The summed E-state index contributed by atoms with van der Waals surface area (Å²) >= 11 is 0. The number of hydrogen-bond donors (Lipinski definition) is 1. The van der Waals surface area contributed by atoms with Crippen molar-refractivity contribution in [3.8, 4) is 11.3 Å². The molecule has 2 aromatic heterocycles. The summed E-state index contributed by atoms with van der Waals surface area (Å²) in [4.78, 5) is 4.12. The highest BCUT2D eigenvalue weighted by Gasteiger charge is 2.15. The zero-order valence-corrected chi connectivity index (χ0v) is 9.71. The molecule has 0 radical (unpaired) electrons. The van der Waals surface area contributed by atoms with E-state index < -0.39 is 0 Å². The molecule has 1 aliphatic heterocycles. The van der Waals surface area contributed by atoms with E-state index in [4.69, 9.17) is 0 Å². The van der Waals surface area contributed by atoms with Crippen molar-refractivity contribution in [3.05, 3.63) is 36.8 Å². The molecule has 0 aliphatic carbocycles. The fourth-order valence-electron chi connectivity index (χ4n) is 2.28. The molecule has 0 bridgehead atoms. The van der Waals surface area contributed by atoms with Crippen LogP contribution in [0.2, 0.25) is 0 Å². The minimum atomic E-state index is 0.543. The van der Waals surface area contributed by atoms with Crippen LogP contribution >= 0.6 is 0 Å². The Morgan fingerprint density at radius 2 is 2.12 bits per heavy atom. The van der Waals surface area contributed by atoms with Crippen LogP contribution in [0.15, 0.2) is 36.8 Å². The zero-order valence-electron chi connectivity index (χ0n) is 9.71. The molecule has 0 unspecified atom stereocenters. The highest BCUT2D eigenvalue weighted by atomic mass is 15.3. The minimum absolute atomic E-state index is 0.543. The normalized spacial score (nSPS) is 17.2. The van der Waals surface area contributed by atoms with Crippen molar-refractivity contribution in [2.24, 2.45) is 0 Å². The Kier molecular flexibility index (Phi) is 2.88. The first-order valence-corrected chi connectivity index (χ1v) is 6.10. The molecule has 3 heterocycles. The van der Waals surface area contributed by atoms with Gasteiger partial charge in [0.15, 0.2) is 0 Å². The lowest BCUT2D eigenvalue weighted by Gasteiger charge is -2.22. The van der Waals surface area contributed by atoms with Gasteiger partial charge >= 0.3 is 0 Å². The predicted molar refractivity (Wildman–Crippen MR) is 66.6 cm³/mol. The van der Waals surface area contributed by atoms with Crippen LogP contribution in [-0.2, 0) is 0 Å². The summed E-state index contributed by atoms with van der Waals surface area (Å²) in [7, 11) is 0. The highest BCUT2D eigenvalue weighted by Crippen LogP contribution is 2.21. The molecule has 1 aliphatic rings. The molecule has 0 spiro atoms. The van der Waals surface area contributed by atoms with E-state index >= 15 is 0 Å². The van der Waals surface area contributed by atoms with E-state index in [1.165, 1.54) is 0 Å². The Morgan fingerprint density at radius 3 is 2.88 bits per heavy atom. The van der Waals surface area contributed by atoms with Gasteiger partial charge in [0.25, 0.3) is 0 Å². The smallest absolute Gasteiger partial charge is 0.0938 e. The van der Waals surface area contributed by atoms with Crippen LogP contribution in [0.4, 0.5) is 0 Å². The van der Waals surface area contributed by atoms with Crippen molar-refractivity contribution in [2.75, 3.05) is 13.1 Å². The van der Waals surface area contributed by atoms with Crippen molar-refractivity contribution in [3.63, 3.8) is 0 Å². The Bertz CT molecular complexity index is 471. The van der Waals surface area contributed by atoms with Gasteiger partial charge in [-0.15, -0.1) is 0 Å². The topological polar surface area (TPSA) is 42.7 Å². The fraction of sp³-hybridized carbons (Fsp3) is 0.385. The third-order valence-corrected chi connectivity index (χ3v) is 3.25. The molecular formula is C13H16N4. The van der Waals surface area contributed by atoms with Gasteiger partial charge in [0.05, 0.1) is 11.7 Å². The van der Waals surface area contributed by atoms with Gasteiger partial charge in [-0.2, -0.15) is 5.10 Å². The summed E-state index contributed by atoms with van der Waals surface area (Å²) in [6.07, 6.45) is 8.04. The van der Waals surface area contributed by atoms with Gasteiger partial charge < -0.3 is 5.32 Å². The van der Waals surface area contributed by atoms with Gasteiger partial charge in [-0.05, 0) is 44.1 Å². The first-order valence-electron chi connectivity index (χ1n) is 6.10. The Balaban J connectivity index is 1.83. The second-order valence-electron chi connectivity index (χ2n) is 4.40. The molecule has 1 saturated heterocycles. The van der Waals surface area contributed by atoms with Crippen LogP contribution in [0.1, 0.15) is 18.9 Å². The largest absolute Gasteiger partial charge is 0.317 e. The number of aromatic nitrogens is 3. The van der Waals surface area contributed by atoms with E-state index in [0.29, 0.717) is 6.04 Å². The van der Waals surface area contributed by atoms with Crippen LogP contribution in [0.5, 0.6) is 0 Å². The van der Waals surface area contributed by atoms with E-state index in [-0.39, 0.29) is 0 Å². The molecule has 0 saturated carbocycles. The van der Waals surface area contributed by atoms with Crippen molar-refractivity contribution < 1.29 is 0 Å². The summed E-state index contributed by atoms with van der Waals surface area (Å²) in [6, 6.07) is 6.60. The van der Waals surface area contributed by atoms with Crippen molar-refractivity contribution in [1.29, 1.82) is 0 Å². The SMILES string of the molecule is c1cncc(-c2ccn(C3CCNCC3)n2)c1. The van der Waals surface area contributed by atoms with Crippen LogP contribution in [-0.4, -0.2) is 27.9 Å². The molecule has 4 nitrogen and oxygen atoms in total. The second-order valence-corrected chi connectivity index (χ2v) is 4.40. The Hall–Kier alpha value is -1.68. The molecular weight excluding hydrogens is 212 g/mol. The summed E-state index contributed by atoms with van der Waals surface area (Å²) < 4.78 is 2.10. The summed E-state index contributed by atoms with van der Waals surface area (Å²) in [6.45, 7) is 2.18. The van der Waals surface area contributed by atoms with Crippen LogP contribution in [0.3, 0.4) is 0 Å². The quantitative estimate of drug-likeness (QED) is 0.853.